The summed E-state index contributed by atoms with van der Waals surface area (Å²) >= 11 is 3.50. The first-order valence-electron chi connectivity index (χ1n) is 9.38. The number of nitrogens with zero attached hydrogens (tertiary/aromatic N) is 2. The number of halogens is 1. The fourth-order valence-corrected chi connectivity index (χ4v) is 5.54. The van der Waals surface area contributed by atoms with Gasteiger partial charge in [0, 0.05) is 23.5 Å². The van der Waals surface area contributed by atoms with E-state index >= 15 is 0 Å². The van der Waals surface area contributed by atoms with Crippen LogP contribution in [-0.4, -0.2) is 31.7 Å². The van der Waals surface area contributed by atoms with Gasteiger partial charge >= 0.3 is 0 Å². The summed E-state index contributed by atoms with van der Waals surface area (Å²) in [7, 11) is -3.62. The number of sulfonamides is 1. The molecule has 0 bridgehead atoms. The lowest BCUT2D eigenvalue weighted by molar-refractivity contribution is -0.126. The smallest absolute Gasteiger partial charge is 0.243 e. The van der Waals surface area contributed by atoms with Gasteiger partial charge in [-0.2, -0.15) is 9.57 Å². The largest absolute Gasteiger partial charge is 0.349 e. The predicted molar refractivity (Wildman–Crippen MR) is 113 cm³/mol. The van der Waals surface area contributed by atoms with Crippen LogP contribution < -0.4 is 5.32 Å². The van der Waals surface area contributed by atoms with Crippen LogP contribution in [0.5, 0.6) is 0 Å². The van der Waals surface area contributed by atoms with E-state index in [0.717, 1.165) is 10.0 Å². The number of piperidine rings is 1. The highest BCUT2D eigenvalue weighted by Crippen LogP contribution is 2.26. The fourth-order valence-electron chi connectivity index (χ4n) is 3.44. The number of hydrogen-bond acceptors (Lipinski definition) is 4. The van der Waals surface area contributed by atoms with Crippen molar-refractivity contribution in [3.63, 3.8) is 0 Å². The molecule has 29 heavy (non-hydrogen) atoms. The second kappa shape index (κ2) is 9.08. The van der Waals surface area contributed by atoms with Crippen LogP contribution in [0, 0.1) is 17.2 Å². The molecule has 2 aromatic rings. The van der Waals surface area contributed by atoms with Crippen LogP contribution in [0.4, 0.5) is 0 Å². The van der Waals surface area contributed by atoms with Gasteiger partial charge < -0.3 is 5.32 Å². The highest BCUT2D eigenvalue weighted by molar-refractivity contribution is 9.10. The van der Waals surface area contributed by atoms with Gasteiger partial charge in [0.1, 0.15) is 0 Å². The second-order valence-electron chi connectivity index (χ2n) is 7.07. The molecule has 152 valence electrons. The number of benzene rings is 2. The van der Waals surface area contributed by atoms with E-state index in [4.69, 9.17) is 5.26 Å². The first-order chi connectivity index (χ1) is 13.8. The molecule has 1 saturated heterocycles. The van der Waals surface area contributed by atoms with Crippen molar-refractivity contribution in [3.05, 3.63) is 64.1 Å². The van der Waals surface area contributed by atoms with Gasteiger partial charge in [-0.15, -0.1) is 0 Å². The summed E-state index contributed by atoms with van der Waals surface area (Å²) in [6, 6.07) is 15.5. The molecule has 8 heteroatoms. The monoisotopic (exact) mass is 475 g/mol. The molecule has 0 radical (unpaired) electrons. The van der Waals surface area contributed by atoms with E-state index in [0.29, 0.717) is 31.5 Å². The first kappa shape index (κ1) is 21.5. The Balaban J connectivity index is 1.60. The SMILES string of the molecule is CC(NC(=O)C1CCN(S(=O)(=O)c2ccc(C#N)cc2)CC1)c1ccccc1Br. The molecule has 1 fully saturated rings. The van der Waals surface area contributed by atoms with Crippen LogP contribution in [0.25, 0.3) is 0 Å². The Kier molecular flexibility index (Phi) is 6.73. The van der Waals surface area contributed by atoms with Crippen molar-refractivity contribution in [1.82, 2.24) is 9.62 Å². The Morgan fingerprint density at radius 2 is 1.79 bits per heavy atom. The van der Waals surface area contributed by atoms with Crippen molar-refractivity contribution in [3.8, 4) is 6.07 Å². The quantitative estimate of drug-likeness (QED) is 0.714. The zero-order valence-electron chi connectivity index (χ0n) is 16.0. The van der Waals surface area contributed by atoms with Gasteiger partial charge in [-0.25, -0.2) is 8.42 Å². The molecule has 6 nitrogen and oxygen atoms in total. The molecule has 1 unspecified atom stereocenters. The summed E-state index contributed by atoms with van der Waals surface area (Å²) in [4.78, 5) is 12.8. The highest BCUT2D eigenvalue weighted by atomic mass is 79.9. The molecule has 0 saturated carbocycles. The third-order valence-corrected chi connectivity index (χ3v) is 7.81. The van der Waals surface area contributed by atoms with Gasteiger partial charge in [0.05, 0.1) is 22.6 Å². The number of hydrogen-bond donors (Lipinski definition) is 1. The Bertz CT molecular complexity index is 1020. The first-order valence-corrected chi connectivity index (χ1v) is 11.6. The summed E-state index contributed by atoms with van der Waals surface area (Å²) in [5, 5.41) is 11.9. The number of nitrogens with one attached hydrogen (secondary N) is 1. The molecule has 0 spiro atoms. The van der Waals surface area contributed by atoms with Crippen molar-refractivity contribution in [1.29, 1.82) is 5.26 Å². The van der Waals surface area contributed by atoms with Crippen LogP contribution in [0.15, 0.2) is 57.9 Å². The normalized spacial score (nSPS) is 16.7. The maximum atomic E-state index is 12.8. The molecule has 0 aromatic heterocycles. The molecule has 1 N–H and O–H groups in total. The Morgan fingerprint density at radius 1 is 1.17 bits per heavy atom. The summed E-state index contributed by atoms with van der Waals surface area (Å²) in [5.74, 6) is -0.268. The zero-order chi connectivity index (χ0) is 21.0. The lowest BCUT2D eigenvalue weighted by Gasteiger charge is -2.31. The summed E-state index contributed by atoms with van der Waals surface area (Å²) < 4.78 is 28.0. The molecule has 3 rings (SSSR count). The second-order valence-corrected chi connectivity index (χ2v) is 9.86. The molecule has 2 aromatic carbocycles. The summed E-state index contributed by atoms with van der Waals surface area (Å²) in [6.07, 6.45) is 0.952. The van der Waals surface area contributed by atoms with E-state index in [1.807, 2.05) is 37.3 Å². The third-order valence-electron chi connectivity index (χ3n) is 5.18. The predicted octanol–water partition coefficient (Wildman–Crippen LogP) is 3.60. The van der Waals surface area contributed by atoms with Gasteiger partial charge in [0.25, 0.3) is 0 Å². The topological polar surface area (TPSA) is 90.3 Å². The molecule has 1 heterocycles. The Hall–Kier alpha value is -2.21. The van der Waals surface area contributed by atoms with Crippen LogP contribution in [0.1, 0.15) is 36.9 Å². The number of rotatable bonds is 5. The summed E-state index contributed by atoms with van der Waals surface area (Å²) in [5.41, 5.74) is 1.42. The molecule has 1 atom stereocenters. The zero-order valence-corrected chi connectivity index (χ0v) is 18.4. The standard InChI is InChI=1S/C21H22BrN3O3S/c1-15(19-4-2-3-5-20(19)22)24-21(26)17-10-12-25(13-11-17)29(27,28)18-8-6-16(14-23)7-9-18/h2-9,15,17H,10-13H2,1H3,(H,24,26). The minimum atomic E-state index is -3.62. The Morgan fingerprint density at radius 3 is 2.38 bits per heavy atom. The average Bonchev–Trinajstić information content (AvgIpc) is 2.74. The van der Waals surface area contributed by atoms with Gasteiger partial charge in [-0.05, 0) is 55.7 Å². The van der Waals surface area contributed by atoms with Crippen molar-refractivity contribution in [2.75, 3.05) is 13.1 Å². The van der Waals surface area contributed by atoms with E-state index in [2.05, 4.69) is 21.2 Å². The maximum Gasteiger partial charge on any atom is 0.243 e. The van der Waals surface area contributed by atoms with Crippen LogP contribution in [-0.2, 0) is 14.8 Å². The number of amides is 1. The van der Waals surface area contributed by atoms with Gasteiger partial charge in [0.15, 0.2) is 0 Å². The minimum absolute atomic E-state index is 0.0522. The summed E-state index contributed by atoms with van der Waals surface area (Å²) in [6.45, 7) is 2.52. The van der Waals surface area contributed by atoms with E-state index in [1.54, 1.807) is 0 Å². The number of carbonyl (C=O) groups is 1. The molecule has 1 aliphatic heterocycles. The van der Waals surface area contributed by atoms with Crippen molar-refractivity contribution in [2.24, 2.45) is 5.92 Å². The lowest BCUT2D eigenvalue weighted by Crippen LogP contribution is -2.43. The molecular weight excluding hydrogens is 454 g/mol. The van der Waals surface area contributed by atoms with E-state index < -0.39 is 10.0 Å². The van der Waals surface area contributed by atoms with Gasteiger partial charge in [0.2, 0.25) is 15.9 Å². The number of carbonyl (C=O) groups excluding carboxylic acids is 1. The van der Waals surface area contributed by atoms with E-state index in [-0.39, 0.29) is 22.8 Å². The van der Waals surface area contributed by atoms with Crippen molar-refractivity contribution >= 4 is 31.9 Å². The molecular formula is C21H22BrN3O3S. The van der Waals surface area contributed by atoms with Gasteiger partial charge in [-0.1, -0.05) is 34.1 Å². The average molecular weight is 476 g/mol. The fraction of sp³-hybridized carbons (Fsp3) is 0.333. The minimum Gasteiger partial charge on any atom is -0.349 e. The maximum absolute atomic E-state index is 12.8. The van der Waals surface area contributed by atoms with Crippen LogP contribution in [0.3, 0.4) is 0 Å². The van der Waals surface area contributed by atoms with Crippen LogP contribution in [0.2, 0.25) is 0 Å². The highest BCUT2D eigenvalue weighted by Gasteiger charge is 2.32. The molecule has 1 aliphatic rings. The lowest BCUT2D eigenvalue weighted by atomic mass is 9.96. The van der Waals surface area contributed by atoms with E-state index in [9.17, 15) is 13.2 Å². The van der Waals surface area contributed by atoms with Crippen LogP contribution >= 0.6 is 15.9 Å². The Labute approximate surface area is 179 Å². The van der Waals surface area contributed by atoms with Crippen molar-refractivity contribution in [2.45, 2.75) is 30.7 Å². The van der Waals surface area contributed by atoms with Crippen molar-refractivity contribution < 1.29 is 13.2 Å². The van der Waals surface area contributed by atoms with Gasteiger partial charge in [-0.3, -0.25) is 4.79 Å². The van der Waals surface area contributed by atoms with E-state index in [1.165, 1.54) is 28.6 Å². The molecule has 1 amide bonds. The third kappa shape index (κ3) is 4.86. The molecule has 0 aliphatic carbocycles. The number of nitriles is 1.